The smallest absolute Gasteiger partial charge is 0.410 e. The van der Waals surface area contributed by atoms with Crippen LogP contribution in [0.15, 0.2) is 48.7 Å². The van der Waals surface area contributed by atoms with Crippen LogP contribution in [-0.2, 0) is 4.74 Å². The second-order valence-electron chi connectivity index (χ2n) is 7.33. The van der Waals surface area contributed by atoms with Gasteiger partial charge in [0.2, 0.25) is 5.88 Å². The molecule has 1 aromatic heterocycles. The van der Waals surface area contributed by atoms with Crippen molar-refractivity contribution in [3.05, 3.63) is 54.2 Å². The first kappa shape index (κ1) is 18.8. The Balaban J connectivity index is 1.76. The average Bonchev–Trinajstić information content (AvgIpc) is 2.63. The highest BCUT2D eigenvalue weighted by Crippen LogP contribution is 2.34. The first-order chi connectivity index (χ1) is 12.8. The van der Waals surface area contributed by atoms with Crippen LogP contribution in [0.3, 0.4) is 0 Å². The molecule has 142 valence electrons. The summed E-state index contributed by atoms with van der Waals surface area (Å²) in [6.07, 6.45) is 3.99. The molecule has 0 saturated carbocycles. The van der Waals surface area contributed by atoms with Crippen molar-refractivity contribution in [1.29, 1.82) is 0 Å². The van der Waals surface area contributed by atoms with Gasteiger partial charge in [0.05, 0.1) is 0 Å². The van der Waals surface area contributed by atoms with E-state index in [4.69, 9.17) is 9.47 Å². The Bertz CT molecular complexity index is 855. The molecule has 6 heteroatoms. The van der Waals surface area contributed by atoms with Crippen molar-refractivity contribution < 1.29 is 19.4 Å². The standard InChI is InChI=1S/C21H24N2O4/c1-21(2,3)27-20(25)23-13-10-15(11-14-23)16-7-6-12-22-19(16)26-18-9-5-4-8-17(18)24/h4-10,12,24H,11,13-14H2,1-3H3. The number of phenolic OH excluding ortho intramolecular Hbond substituents is 1. The van der Waals surface area contributed by atoms with Crippen LogP contribution in [0.25, 0.3) is 5.57 Å². The molecule has 0 spiro atoms. The van der Waals surface area contributed by atoms with Gasteiger partial charge >= 0.3 is 6.09 Å². The zero-order chi connectivity index (χ0) is 19.4. The molecule has 2 aromatic rings. The first-order valence-electron chi connectivity index (χ1n) is 8.92. The van der Waals surface area contributed by atoms with Crippen LogP contribution in [-0.4, -0.2) is 39.8 Å². The topological polar surface area (TPSA) is 71.9 Å². The Morgan fingerprint density at radius 3 is 2.63 bits per heavy atom. The minimum atomic E-state index is -0.511. The summed E-state index contributed by atoms with van der Waals surface area (Å²) in [5.41, 5.74) is 1.39. The van der Waals surface area contributed by atoms with Crippen molar-refractivity contribution in [1.82, 2.24) is 9.88 Å². The monoisotopic (exact) mass is 368 g/mol. The first-order valence-corrected chi connectivity index (χ1v) is 8.92. The minimum absolute atomic E-state index is 0.0582. The molecule has 0 aliphatic carbocycles. The van der Waals surface area contributed by atoms with E-state index in [1.807, 2.05) is 39.0 Å². The molecule has 1 aromatic carbocycles. The third-order valence-corrected chi connectivity index (χ3v) is 4.05. The molecule has 0 radical (unpaired) electrons. The Hall–Kier alpha value is -3.02. The predicted octanol–water partition coefficient (Wildman–Crippen LogP) is 4.60. The van der Waals surface area contributed by atoms with E-state index < -0.39 is 5.60 Å². The van der Waals surface area contributed by atoms with Crippen molar-refractivity contribution in [2.24, 2.45) is 0 Å². The number of hydrogen-bond donors (Lipinski definition) is 1. The second kappa shape index (κ2) is 7.70. The van der Waals surface area contributed by atoms with Gasteiger partial charge in [0.25, 0.3) is 0 Å². The van der Waals surface area contributed by atoms with E-state index in [0.29, 0.717) is 31.1 Å². The lowest BCUT2D eigenvalue weighted by atomic mass is 10.0. The van der Waals surface area contributed by atoms with Crippen molar-refractivity contribution >= 4 is 11.7 Å². The maximum atomic E-state index is 12.2. The molecule has 1 N–H and O–H groups in total. The molecule has 3 rings (SSSR count). The minimum Gasteiger partial charge on any atom is -0.504 e. The number of nitrogens with zero attached hydrogens (tertiary/aromatic N) is 2. The fourth-order valence-electron chi connectivity index (χ4n) is 2.77. The van der Waals surface area contributed by atoms with Crippen LogP contribution >= 0.6 is 0 Å². The Morgan fingerprint density at radius 1 is 1.19 bits per heavy atom. The summed E-state index contributed by atoms with van der Waals surface area (Å²) in [5, 5.41) is 9.94. The quantitative estimate of drug-likeness (QED) is 0.857. The Labute approximate surface area is 159 Å². The molecule has 0 unspecified atom stereocenters. The van der Waals surface area contributed by atoms with Gasteiger partial charge in [-0.15, -0.1) is 0 Å². The van der Waals surface area contributed by atoms with Crippen LogP contribution in [0, 0.1) is 0 Å². The molecule has 1 amide bonds. The molecule has 6 nitrogen and oxygen atoms in total. The molecule has 2 heterocycles. The number of aromatic hydroxyl groups is 1. The van der Waals surface area contributed by atoms with Gasteiger partial charge in [0.15, 0.2) is 11.5 Å². The third kappa shape index (κ3) is 4.78. The Morgan fingerprint density at radius 2 is 1.96 bits per heavy atom. The summed E-state index contributed by atoms with van der Waals surface area (Å²) in [6, 6.07) is 10.5. The van der Waals surface area contributed by atoms with Gasteiger partial charge < -0.3 is 19.5 Å². The van der Waals surface area contributed by atoms with Crippen LogP contribution in [0.4, 0.5) is 4.79 Å². The van der Waals surface area contributed by atoms with Crippen molar-refractivity contribution in [2.45, 2.75) is 32.8 Å². The van der Waals surface area contributed by atoms with Gasteiger partial charge in [0.1, 0.15) is 5.60 Å². The number of aromatic nitrogens is 1. The number of pyridine rings is 1. The molecule has 0 saturated heterocycles. The summed E-state index contributed by atoms with van der Waals surface area (Å²) in [5.74, 6) is 0.836. The fourth-order valence-corrected chi connectivity index (χ4v) is 2.77. The van der Waals surface area contributed by atoms with E-state index in [0.717, 1.165) is 11.1 Å². The Kier molecular flexibility index (Phi) is 5.35. The van der Waals surface area contributed by atoms with Crippen molar-refractivity contribution in [3.8, 4) is 17.4 Å². The van der Waals surface area contributed by atoms with Gasteiger partial charge in [-0.25, -0.2) is 9.78 Å². The predicted molar refractivity (Wildman–Crippen MR) is 103 cm³/mol. The number of carbonyl (C=O) groups is 1. The normalized spacial score (nSPS) is 14.5. The van der Waals surface area contributed by atoms with Gasteiger partial charge in [0, 0.05) is 24.8 Å². The molecule has 0 fully saturated rings. The van der Waals surface area contributed by atoms with Crippen LogP contribution in [0.1, 0.15) is 32.8 Å². The van der Waals surface area contributed by atoms with Crippen LogP contribution in [0.2, 0.25) is 0 Å². The second-order valence-corrected chi connectivity index (χ2v) is 7.33. The van der Waals surface area contributed by atoms with Gasteiger partial charge in [-0.1, -0.05) is 18.2 Å². The van der Waals surface area contributed by atoms with Crippen LogP contribution in [0.5, 0.6) is 17.4 Å². The van der Waals surface area contributed by atoms with Gasteiger partial charge in [-0.05, 0) is 57.0 Å². The molecule has 0 bridgehead atoms. The summed E-state index contributed by atoms with van der Waals surface area (Å²) in [4.78, 5) is 18.2. The van der Waals surface area contributed by atoms with Crippen molar-refractivity contribution in [2.75, 3.05) is 13.1 Å². The zero-order valence-electron chi connectivity index (χ0n) is 15.8. The summed E-state index contributed by atoms with van der Waals surface area (Å²) >= 11 is 0. The third-order valence-electron chi connectivity index (χ3n) is 4.05. The number of amides is 1. The number of hydrogen-bond acceptors (Lipinski definition) is 5. The molecule has 1 aliphatic rings. The number of rotatable bonds is 3. The summed E-state index contributed by atoms with van der Waals surface area (Å²) in [6.45, 7) is 6.60. The SMILES string of the molecule is CC(C)(C)OC(=O)N1CC=C(c2cccnc2Oc2ccccc2O)CC1. The molecule has 27 heavy (non-hydrogen) atoms. The number of ether oxygens (including phenoxy) is 2. The van der Waals surface area contributed by atoms with Crippen LogP contribution < -0.4 is 4.74 Å². The lowest BCUT2D eigenvalue weighted by molar-refractivity contribution is 0.0270. The van der Waals surface area contributed by atoms with E-state index in [1.165, 1.54) is 0 Å². The highest BCUT2D eigenvalue weighted by Gasteiger charge is 2.25. The molecular weight excluding hydrogens is 344 g/mol. The molecule has 1 aliphatic heterocycles. The lowest BCUT2D eigenvalue weighted by Crippen LogP contribution is -2.39. The number of benzene rings is 1. The number of para-hydroxylation sites is 2. The van der Waals surface area contributed by atoms with Gasteiger partial charge in [-0.2, -0.15) is 0 Å². The van der Waals surface area contributed by atoms with E-state index >= 15 is 0 Å². The van der Waals surface area contributed by atoms with E-state index in [-0.39, 0.29) is 11.8 Å². The van der Waals surface area contributed by atoms with E-state index in [1.54, 1.807) is 35.4 Å². The number of phenols is 1. The van der Waals surface area contributed by atoms with E-state index in [2.05, 4.69) is 4.98 Å². The average molecular weight is 368 g/mol. The molecular formula is C21H24N2O4. The maximum Gasteiger partial charge on any atom is 0.410 e. The fraction of sp³-hybridized carbons (Fsp3) is 0.333. The lowest BCUT2D eigenvalue weighted by Gasteiger charge is -2.29. The van der Waals surface area contributed by atoms with E-state index in [9.17, 15) is 9.90 Å². The highest BCUT2D eigenvalue weighted by atomic mass is 16.6. The summed E-state index contributed by atoms with van der Waals surface area (Å²) in [7, 11) is 0. The van der Waals surface area contributed by atoms with Crippen molar-refractivity contribution in [3.63, 3.8) is 0 Å². The van der Waals surface area contributed by atoms with Gasteiger partial charge in [-0.3, -0.25) is 0 Å². The maximum absolute atomic E-state index is 12.2. The largest absolute Gasteiger partial charge is 0.504 e. The highest BCUT2D eigenvalue weighted by molar-refractivity contribution is 5.74. The number of carbonyl (C=O) groups excluding carboxylic acids is 1. The summed E-state index contributed by atoms with van der Waals surface area (Å²) < 4.78 is 11.3. The zero-order valence-corrected chi connectivity index (χ0v) is 15.8. The molecule has 0 atom stereocenters.